The van der Waals surface area contributed by atoms with Crippen LogP contribution in [0.1, 0.15) is 25.7 Å². The maximum absolute atomic E-state index is 12.6. The molecule has 0 atom stereocenters. The van der Waals surface area contributed by atoms with Crippen LogP contribution in [0.5, 0.6) is 0 Å². The second-order valence-corrected chi connectivity index (χ2v) is 9.73. The summed E-state index contributed by atoms with van der Waals surface area (Å²) < 4.78 is 5.31. The van der Waals surface area contributed by atoms with Gasteiger partial charge in [-0.2, -0.15) is 5.10 Å². The highest BCUT2D eigenvalue weighted by Crippen LogP contribution is 2.35. The number of H-pyrrole nitrogens is 2. The molecule has 6 aromatic rings. The number of hydrogen-bond donors (Lipinski definition) is 3. The van der Waals surface area contributed by atoms with E-state index in [4.69, 9.17) is 4.42 Å². The number of anilines is 1. The van der Waals surface area contributed by atoms with Crippen molar-refractivity contribution in [2.24, 2.45) is 5.92 Å². The zero-order chi connectivity index (χ0) is 24.8. The molecular weight excluding hydrogens is 462 g/mol. The van der Waals surface area contributed by atoms with Gasteiger partial charge < -0.3 is 14.7 Å². The summed E-state index contributed by atoms with van der Waals surface area (Å²) in [6.45, 7) is 0. The Morgan fingerprint density at radius 3 is 2.70 bits per heavy atom. The predicted octanol–water partition coefficient (Wildman–Crippen LogP) is 7.16. The van der Waals surface area contributed by atoms with Gasteiger partial charge in [-0.05, 0) is 60.4 Å². The van der Waals surface area contributed by atoms with Crippen LogP contribution in [0.3, 0.4) is 0 Å². The molecule has 2 aromatic carbocycles. The molecule has 1 saturated carbocycles. The van der Waals surface area contributed by atoms with Crippen LogP contribution in [0.4, 0.5) is 5.69 Å². The van der Waals surface area contributed by atoms with Crippen molar-refractivity contribution in [2.75, 3.05) is 5.32 Å². The van der Waals surface area contributed by atoms with Gasteiger partial charge in [0.05, 0.1) is 35.6 Å². The molecule has 1 fully saturated rings. The summed E-state index contributed by atoms with van der Waals surface area (Å²) >= 11 is 0. The number of furan rings is 1. The summed E-state index contributed by atoms with van der Waals surface area (Å²) in [7, 11) is 0. The first kappa shape index (κ1) is 21.6. The van der Waals surface area contributed by atoms with Gasteiger partial charge in [-0.25, -0.2) is 0 Å². The molecular formula is C30H25N5O2. The molecule has 7 heteroatoms. The smallest absolute Gasteiger partial charge is 0.227 e. The summed E-state index contributed by atoms with van der Waals surface area (Å²) in [5, 5.41) is 13.0. The number of nitrogens with zero attached hydrogens (tertiary/aromatic N) is 2. The van der Waals surface area contributed by atoms with Crippen molar-refractivity contribution in [1.82, 2.24) is 20.2 Å². The summed E-state index contributed by atoms with van der Waals surface area (Å²) in [6, 6.07) is 18.5. The highest BCUT2D eigenvalue weighted by atomic mass is 16.3. The van der Waals surface area contributed by atoms with Gasteiger partial charge in [-0.3, -0.25) is 14.9 Å². The molecule has 1 aliphatic rings. The number of nitrogens with one attached hydrogen (secondary N) is 3. The third-order valence-electron chi connectivity index (χ3n) is 7.38. The van der Waals surface area contributed by atoms with Crippen LogP contribution in [-0.2, 0) is 4.79 Å². The van der Waals surface area contributed by atoms with E-state index in [-0.39, 0.29) is 11.8 Å². The lowest BCUT2D eigenvalue weighted by Gasteiger charge is -2.11. The quantitative estimate of drug-likeness (QED) is 0.240. The zero-order valence-electron chi connectivity index (χ0n) is 20.1. The van der Waals surface area contributed by atoms with Crippen LogP contribution in [0, 0.1) is 5.92 Å². The van der Waals surface area contributed by atoms with Crippen molar-refractivity contribution in [3.63, 3.8) is 0 Å². The van der Waals surface area contributed by atoms with Crippen molar-refractivity contribution in [3.05, 3.63) is 79.5 Å². The largest absolute Gasteiger partial charge is 0.472 e. The molecule has 0 saturated heterocycles. The number of carbonyl (C=O) groups is 1. The summed E-state index contributed by atoms with van der Waals surface area (Å²) in [4.78, 5) is 20.6. The standard InChI is InChI=1S/C30H25N5O2/c36-30(18-4-1-2-5-18)32-22-12-21(15-31-16-22)19-8-9-27-25(13-19)29(35-34-27)28-14-24-23(20-10-11-37-17-20)6-3-7-26(24)33-28/h3,6-18,33H,1-2,4-5H2,(H,32,36)(H,34,35). The number of fused-ring (bicyclic) bond motifs is 2. The molecule has 37 heavy (non-hydrogen) atoms. The molecule has 1 amide bonds. The van der Waals surface area contributed by atoms with E-state index in [0.29, 0.717) is 0 Å². The van der Waals surface area contributed by atoms with E-state index < -0.39 is 0 Å². The Kier molecular flexibility index (Phi) is 5.13. The number of aromatic amines is 2. The summed E-state index contributed by atoms with van der Waals surface area (Å²) in [5.41, 5.74) is 8.60. The zero-order valence-corrected chi connectivity index (χ0v) is 20.1. The lowest BCUT2D eigenvalue weighted by Crippen LogP contribution is -2.20. The summed E-state index contributed by atoms with van der Waals surface area (Å²) in [6.07, 6.45) is 11.2. The Bertz CT molecular complexity index is 1740. The van der Waals surface area contributed by atoms with E-state index in [2.05, 4.69) is 49.7 Å². The fourth-order valence-corrected chi connectivity index (χ4v) is 5.45. The van der Waals surface area contributed by atoms with Gasteiger partial charge in [-0.1, -0.05) is 31.0 Å². The van der Waals surface area contributed by atoms with Gasteiger partial charge in [0.2, 0.25) is 5.91 Å². The number of hydrogen-bond acceptors (Lipinski definition) is 4. The molecule has 0 radical (unpaired) electrons. The van der Waals surface area contributed by atoms with Crippen LogP contribution < -0.4 is 5.32 Å². The van der Waals surface area contributed by atoms with E-state index >= 15 is 0 Å². The number of rotatable bonds is 5. The Morgan fingerprint density at radius 1 is 0.919 bits per heavy atom. The highest BCUT2D eigenvalue weighted by molar-refractivity contribution is 6.02. The lowest BCUT2D eigenvalue weighted by atomic mass is 10.0. The first-order valence-electron chi connectivity index (χ1n) is 12.6. The van der Waals surface area contributed by atoms with Gasteiger partial charge >= 0.3 is 0 Å². The van der Waals surface area contributed by atoms with Gasteiger partial charge in [0.1, 0.15) is 5.69 Å². The number of aromatic nitrogens is 4. The van der Waals surface area contributed by atoms with E-state index in [1.165, 1.54) is 0 Å². The average Bonchev–Trinajstić information content (AvgIpc) is 3.74. The first-order valence-corrected chi connectivity index (χ1v) is 12.6. The minimum atomic E-state index is 0.0950. The third-order valence-corrected chi connectivity index (χ3v) is 7.38. The molecule has 1 aliphatic carbocycles. The van der Waals surface area contributed by atoms with Crippen LogP contribution in [0.15, 0.2) is 83.9 Å². The molecule has 182 valence electrons. The van der Waals surface area contributed by atoms with Gasteiger partial charge in [-0.15, -0.1) is 0 Å². The number of amides is 1. The second kappa shape index (κ2) is 8.78. The SMILES string of the molecule is O=C(Nc1cncc(-c2ccc3[nH]nc(-c4cc5c(-c6ccoc6)cccc5[nH]4)c3c2)c1)C1CCCC1. The molecule has 0 spiro atoms. The maximum atomic E-state index is 12.6. The van der Waals surface area contributed by atoms with E-state index in [1.54, 1.807) is 18.7 Å². The molecule has 4 aromatic heterocycles. The topological polar surface area (TPSA) is 99.6 Å². The van der Waals surface area contributed by atoms with Crippen molar-refractivity contribution in [3.8, 4) is 33.6 Å². The fourth-order valence-electron chi connectivity index (χ4n) is 5.45. The van der Waals surface area contributed by atoms with E-state index in [0.717, 1.165) is 86.8 Å². The molecule has 0 unspecified atom stereocenters. The number of benzene rings is 2. The Balaban J connectivity index is 1.25. The number of pyridine rings is 1. The van der Waals surface area contributed by atoms with Crippen LogP contribution in [0.25, 0.3) is 55.4 Å². The third kappa shape index (κ3) is 3.89. The minimum absolute atomic E-state index is 0.0950. The molecule has 4 heterocycles. The van der Waals surface area contributed by atoms with Crippen LogP contribution >= 0.6 is 0 Å². The maximum Gasteiger partial charge on any atom is 0.227 e. The fraction of sp³-hybridized carbons (Fsp3) is 0.167. The molecule has 0 aliphatic heterocycles. The van der Waals surface area contributed by atoms with Gasteiger partial charge in [0.25, 0.3) is 0 Å². The lowest BCUT2D eigenvalue weighted by molar-refractivity contribution is -0.119. The molecule has 0 bridgehead atoms. The highest BCUT2D eigenvalue weighted by Gasteiger charge is 2.23. The molecule has 7 rings (SSSR count). The van der Waals surface area contributed by atoms with Crippen molar-refractivity contribution < 1.29 is 9.21 Å². The van der Waals surface area contributed by atoms with Gasteiger partial charge in [0, 0.05) is 39.5 Å². The van der Waals surface area contributed by atoms with Crippen LogP contribution in [0.2, 0.25) is 0 Å². The van der Waals surface area contributed by atoms with Crippen molar-refractivity contribution in [1.29, 1.82) is 0 Å². The minimum Gasteiger partial charge on any atom is -0.472 e. The normalized spacial score (nSPS) is 14.1. The van der Waals surface area contributed by atoms with Crippen LogP contribution in [-0.4, -0.2) is 26.1 Å². The van der Waals surface area contributed by atoms with E-state index in [1.807, 2.05) is 36.5 Å². The van der Waals surface area contributed by atoms with Crippen molar-refractivity contribution in [2.45, 2.75) is 25.7 Å². The molecule has 3 N–H and O–H groups in total. The van der Waals surface area contributed by atoms with Crippen molar-refractivity contribution >= 4 is 33.4 Å². The monoisotopic (exact) mass is 487 g/mol. The first-order chi connectivity index (χ1) is 18.2. The van der Waals surface area contributed by atoms with Gasteiger partial charge in [0.15, 0.2) is 0 Å². The molecule has 7 nitrogen and oxygen atoms in total. The Hall–Kier alpha value is -4.65. The summed E-state index contributed by atoms with van der Waals surface area (Å²) in [5.74, 6) is 0.205. The average molecular weight is 488 g/mol. The second-order valence-electron chi connectivity index (χ2n) is 9.73. The predicted molar refractivity (Wildman–Crippen MR) is 145 cm³/mol. The van der Waals surface area contributed by atoms with E-state index in [9.17, 15) is 4.79 Å². The number of carbonyl (C=O) groups excluding carboxylic acids is 1. The Labute approximate surface area is 212 Å². The Morgan fingerprint density at radius 2 is 1.84 bits per heavy atom.